The quantitative estimate of drug-likeness (QED) is 0.492. The molecule has 1 aliphatic rings. The molecule has 1 saturated heterocycles. The Bertz CT molecular complexity index is 814. The Kier molecular flexibility index (Phi) is 6.08. The lowest BCUT2D eigenvalue weighted by Gasteiger charge is -2.11. The summed E-state index contributed by atoms with van der Waals surface area (Å²) in [5.74, 6) is -0.803. The van der Waals surface area contributed by atoms with Gasteiger partial charge in [0.15, 0.2) is 5.16 Å². The molecule has 0 aliphatic carbocycles. The van der Waals surface area contributed by atoms with E-state index in [9.17, 15) is 14.4 Å². The largest absolute Gasteiger partial charge is 0.376 e. The van der Waals surface area contributed by atoms with E-state index in [2.05, 4.69) is 21.0 Å². The molecule has 1 aliphatic heterocycles. The lowest BCUT2D eigenvalue weighted by molar-refractivity contribution is -0.119. The van der Waals surface area contributed by atoms with Crippen molar-refractivity contribution in [2.45, 2.75) is 30.6 Å². The Morgan fingerprint density at radius 1 is 1.31 bits per heavy atom. The SMILES string of the molecule is O=C(CSc1n[nH]c(=O)n1C[C@@H]1CCCO1)NNC(=O)c1ccccc1. The minimum absolute atomic E-state index is 0.00485. The van der Waals surface area contributed by atoms with E-state index in [0.717, 1.165) is 24.6 Å². The van der Waals surface area contributed by atoms with Crippen LogP contribution in [0.3, 0.4) is 0 Å². The zero-order valence-electron chi connectivity index (χ0n) is 13.9. The van der Waals surface area contributed by atoms with Gasteiger partial charge in [0.2, 0.25) is 5.91 Å². The highest BCUT2D eigenvalue weighted by Crippen LogP contribution is 2.17. The lowest BCUT2D eigenvalue weighted by atomic mass is 10.2. The molecule has 0 unspecified atom stereocenters. The van der Waals surface area contributed by atoms with Crippen LogP contribution in [0.1, 0.15) is 23.2 Å². The van der Waals surface area contributed by atoms with Crippen molar-refractivity contribution in [1.82, 2.24) is 25.6 Å². The van der Waals surface area contributed by atoms with Gasteiger partial charge in [-0.3, -0.25) is 25.0 Å². The Morgan fingerprint density at radius 3 is 2.85 bits per heavy atom. The van der Waals surface area contributed by atoms with E-state index in [1.54, 1.807) is 30.3 Å². The second-order valence-electron chi connectivity index (χ2n) is 5.71. The van der Waals surface area contributed by atoms with Crippen LogP contribution in [0.5, 0.6) is 0 Å². The van der Waals surface area contributed by atoms with E-state index < -0.39 is 11.8 Å². The summed E-state index contributed by atoms with van der Waals surface area (Å²) in [4.78, 5) is 35.6. The van der Waals surface area contributed by atoms with E-state index in [0.29, 0.717) is 23.9 Å². The fourth-order valence-electron chi connectivity index (χ4n) is 2.52. The molecule has 0 bridgehead atoms. The first-order valence-electron chi connectivity index (χ1n) is 8.17. The number of benzene rings is 1. The molecule has 2 aromatic rings. The predicted octanol–water partition coefficient (Wildman–Crippen LogP) is 0.304. The van der Waals surface area contributed by atoms with E-state index in [1.165, 1.54) is 4.57 Å². The molecule has 1 aromatic carbocycles. The van der Waals surface area contributed by atoms with Gasteiger partial charge in [-0.05, 0) is 25.0 Å². The number of ether oxygens (including phenoxy) is 1. The lowest BCUT2D eigenvalue weighted by Crippen LogP contribution is -2.42. The zero-order chi connectivity index (χ0) is 18.4. The second-order valence-corrected chi connectivity index (χ2v) is 6.66. The van der Waals surface area contributed by atoms with Crippen LogP contribution in [0.4, 0.5) is 0 Å². The Hall–Kier alpha value is -2.59. The van der Waals surface area contributed by atoms with Gasteiger partial charge >= 0.3 is 5.69 Å². The summed E-state index contributed by atoms with van der Waals surface area (Å²) >= 11 is 1.11. The van der Waals surface area contributed by atoms with Gasteiger partial charge < -0.3 is 4.74 Å². The van der Waals surface area contributed by atoms with Gasteiger partial charge in [-0.1, -0.05) is 30.0 Å². The van der Waals surface area contributed by atoms with Crippen LogP contribution in [0.25, 0.3) is 0 Å². The molecule has 3 rings (SSSR count). The number of hydrazine groups is 1. The molecule has 2 heterocycles. The average molecular weight is 377 g/mol. The molecule has 0 saturated carbocycles. The first-order chi connectivity index (χ1) is 12.6. The summed E-state index contributed by atoms with van der Waals surface area (Å²) in [7, 11) is 0. The summed E-state index contributed by atoms with van der Waals surface area (Å²) in [5, 5.41) is 6.74. The number of hydrogen-bond acceptors (Lipinski definition) is 6. The third-order valence-electron chi connectivity index (χ3n) is 3.82. The molecule has 2 amide bonds. The minimum Gasteiger partial charge on any atom is -0.376 e. The van der Waals surface area contributed by atoms with Crippen molar-refractivity contribution < 1.29 is 14.3 Å². The molecule has 3 N–H and O–H groups in total. The fourth-order valence-corrected chi connectivity index (χ4v) is 3.28. The third kappa shape index (κ3) is 4.73. The maximum atomic E-state index is 11.9. The highest BCUT2D eigenvalue weighted by molar-refractivity contribution is 7.99. The molecule has 9 nitrogen and oxygen atoms in total. The number of aromatic nitrogens is 3. The van der Waals surface area contributed by atoms with Crippen molar-refractivity contribution in [3.05, 3.63) is 46.4 Å². The predicted molar refractivity (Wildman–Crippen MR) is 94.6 cm³/mol. The topological polar surface area (TPSA) is 118 Å². The fraction of sp³-hybridized carbons (Fsp3) is 0.375. The number of nitrogens with zero attached hydrogens (tertiary/aromatic N) is 2. The first-order valence-corrected chi connectivity index (χ1v) is 9.16. The van der Waals surface area contributed by atoms with Gasteiger partial charge in [-0.25, -0.2) is 9.89 Å². The van der Waals surface area contributed by atoms with Crippen LogP contribution in [0.15, 0.2) is 40.3 Å². The van der Waals surface area contributed by atoms with Crippen molar-refractivity contribution in [1.29, 1.82) is 0 Å². The number of rotatable bonds is 6. The van der Waals surface area contributed by atoms with Gasteiger partial charge in [-0.15, -0.1) is 5.10 Å². The summed E-state index contributed by atoms with van der Waals surface area (Å²) in [6.45, 7) is 1.10. The van der Waals surface area contributed by atoms with Crippen LogP contribution < -0.4 is 16.5 Å². The summed E-state index contributed by atoms with van der Waals surface area (Å²) in [6.07, 6.45) is 1.86. The number of H-pyrrole nitrogens is 1. The summed E-state index contributed by atoms with van der Waals surface area (Å²) in [6, 6.07) is 8.55. The average Bonchev–Trinajstić information content (AvgIpc) is 3.30. The van der Waals surface area contributed by atoms with Crippen LogP contribution in [0.2, 0.25) is 0 Å². The second kappa shape index (κ2) is 8.68. The molecule has 26 heavy (non-hydrogen) atoms. The van der Waals surface area contributed by atoms with Crippen molar-refractivity contribution in [3.63, 3.8) is 0 Å². The Morgan fingerprint density at radius 2 is 2.12 bits per heavy atom. The molecule has 1 atom stereocenters. The van der Waals surface area contributed by atoms with Gasteiger partial charge in [-0.2, -0.15) is 0 Å². The highest BCUT2D eigenvalue weighted by Gasteiger charge is 2.20. The number of aromatic amines is 1. The smallest absolute Gasteiger partial charge is 0.344 e. The van der Waals surface area contributed by atoms with Gasteiger partial charge in [0.25, 0.3) is 5.91 Å². The van der Waals surface area contributed by atoms with Crippen LogP contribution in [-0.2, 0) is 16.1 Å². The monoisotopic (exact) mass is 377 g/mol. The minimum atomic E-state index is -0.404. The molecule has 0 radical (unpaired) electrons. The van der Waals surface area contributed by atoms with E-state index in [4.69, 9.17) is 4.74 Å². The maximum absolute atomic E-state index is 11.9. The van der Waals surface area contributed by atoms with Crippen molar-refractivity contribution >= 4 is 23.6 Å². The summed E-state index contributed by atoms with van der Waals surface area (Å²) < 4.78 is 7.00. The highest BCUT2D eigenvalue weighted by atomic mass is 32.2. The van der Waals surface area contributed by atoms with Crippen LogP contribution >= 0.6 is 11.8 Å². The molecule has 0 spiro atoms. The Balaban J connectivity index is 1.48. The number of carbonyl (C=O) groups is 2. The summed E-state index contributed by atoms with van der Waals surface area (Å²) in [5.41, 5.74) is 4.80. The van der Waals surface area contributed by atoms with Crippen molar-refractivity contribution in [3.8, 4) is 0 Å². The number of thioether (sulfide) groups is 1. The molecular weight excluding hydrogens is 358 g/mol. The number of nitrogens with one attached hydrogen (secondary N) is 3. The van der Waals surface area contributed by atoms with Crippen molar-refractivity contribution in [2.24, 2.45) is 0 Å². The Labute approximate surface area is 153 Å². The zero-order valence-corrected chi connectivity index (χ0v) is 14.8. The van der Waals surface area contributed by atoms with Gasteiger partial charge in [0.1, 0.15) is 0 Å². The molecule has 1 aromatic heterocycles. The van der Waals surface area contributed by atoms with Crippen LogP contribution in [0, 0.1) is 0 Å². The van der Waals surface area contributed by atoms with E-state index >= 15 is 0 Å². The molecule has 10 heteroatoms. The van der Waals surface area contributed by atoms with E-state index in [-0.39, 0.29) is 17.5 Å². The molecular formula is C16H19N5O4S. The number of carbonyl (C=O) groups excluding carboxylic acids is 2. The van der Waals surface area contributed by atoms with Gasteiger partial charge in [0.05, 0.1) is 18.4 Å². The maximum Gasteiger partial charge on any atom is 0.344 e. The third-order valence-corrected chi connectivity index (χ3v) is 4.79. The normalized spacial score (nSPS) is 16.4. The number of amides is 2. The van der Waals surface area contributed by atoms with Crippen LogP contribution in [-0.4, -0.2) is 45.0 Å². The van der Waals surface area contributed by atoms with Crippen molar-refractivity contribution in [2.75, 3.05) is 12.4 Å². The first kappa shape index (κ1) is 18.2. The molecule has 1 fully saturated rings. The number of hydrogen-bond donors (Lipinski definition) is 3. The van der Waals surface area contributed by atoms with Gasteiger partial charge in [0, 0.05) is 12.2 Å². The van der Waals surface area contributed by atoms with E-state index in [1.807, 2.05) is 0 Å². The molecule has 138 valence electrons. The standard InChI is InChI=1S/C16H19N5O4S/c22-13(17-18-14(23)11-5-2-1-3-6-11)10-26-16-20-19-15(24)21(16)9-12-7-4-8-25-12/h1-3,5-6,12H,4,7-10H2,(H,17,22)(H,18,23)(H,19,24)/t12-/m0/s1.